The molecule has 1 aliphatic heterocycles. The summed E-state index contributed by atoms with van der Waals surface area (Å²) in [4.78, 5) is 14.8. The van der Waals surface area contributed by atoms with Crippen LogP contribution < -0.4 is 10.0 Å². The van der Waals surface area contributed by atoms with Crippen molar-refractivity contribution in [1.82, 2.24) is 10.2 Å². The fourth-order valence-corrected chi connectivity index (χ4v) is 5.04. The Balaban J connectivity index is 1.58. The molecule has 0 spiro atoms. The molecule has 3 rings (SSSR count). The number of hydrogen-bond donors (Lipinski definition) is 2. The SMILES string of the molecule is CC1CCN(CCCNC(=O)c2ccc(Cl)c(S(=O)(=O)Nc3ccccc3)c2)CC1. The standard InChI is InChI=1S/C22H28ClN3O3S/c1-17-10-14-26(15-11-17)13-5-12-24-22(27)18-8-9-20(23)21(16-18)30(28,29)25-19-6-3-2-4-7-19/h2-4,6-9,16-17,25H,5,10-15H2,1H3,(H,24,27). The quantitative estimate of drug-likeness (QED) is 0.597. The lowest BCUT2D eigenvalue weighted by Gasteiger charge is -2.30. The van der Waals surface area contributed by atoms with E-state index in [1.54, 1.807) is 30.3 Å². The van der Waals surface area contributed by atoms with Crippen molar-refractivity contribution in [2.45, 2.75) is 31.1 Å². The van der Waals surface area contributed by atoms with Crippen LogP contribution in [0.5, 0.6) is 0 Å². The molecule has 2 aromatic rings. The first-order valence-electron chi connectivity index (χ1n) is 10.2. The molecule has 1 saturated heterocycles. The summed E-state index contributed by atoms with van der Waals surface area (Å²) in [5.41, 5.74) is 0.690. The summed E-state index contributed by atoms with van der Waals surface area (Å²) >= 11 is 6.12. The molecular weight excluding hydrogens is 422 g/mol. The van der Waals surface area contributed by atoms with Gasteiger partial charge in [-0.2, -0.15) is 0 Å². The van der Waals surface area contributed by atoms with Crippen molar-refractivity contribution in [2.75, 3.05) is 30.9 Å². The molecule has 1 heterocycles. The van der Waals surface area contributed by atoms with Crippen LogP contribution in [-0.4, -0.2) is 45.4 Å². The van der Waals surface area contributed by atoms with Crippen LogP contribution >= 0.6 is 11.6 Å². The van der Waals surface area contributed by atoms with Gasteiger partial charge in [0, 0.05) is 17.8 Å². The highest BCUT2D eigenvalue weighted by molar-refractivity contribution is 7.92. The fraction of sp³-hybridized carbons (Fsp3) is 0.409. The second-order valence-corrected chi connectivity index (χ2v) is 9.81. The molecule has 0 bridgehead atoms. The van der Waals surface area contributed by atoms with Gasteiger partial charge in [-0.15, -0.1) is 0 Å². The molecule has 0 aromatic heterocycles. The van der Waals surface area contributed by atoms with Gasteiger partial charge in [-0.05, 0) is 75.1 Å². The minimum absolute atomic E-state index is 0.0642. The number of halogens is 1. The van der Waals surface area contributed by atoms with Crippen LogP contribution in [0.1, 0.15) is 36.5 Å². The van der Waals surface area contributed by atoms with E-state index < -0.39 is 10.0 Å². The predicted octanol–water partition coefficient (Wildman–Crippen LogP) is 3.99. The maximum Gasteiger partial charge on any atom is 0.263 e. The Labute approximate surface area is 183 Å². The van der Waals surface area contributed by atoms with E-state index in [9.17, 15) is 13.2 Å². The Bertz CT molecular complexity index is 959. The van der Waals surface area contributed by atoms with E-state index in [0.29, 0.717) is 12.2 Å². The number of anilines is 1. The monoisotopic (exact) mass is 449 g/mol. The first kappa shape index (κ1) is 22.6. The number of carbonyl (C=O) groups is 1. The number of carbonyl (C=O) groups excluding carboxylic acids is 1. The molecule has 0 unspecified atom stereocenters. The molecule has 6 nitrogen and oxygen atoms in total. The van der Waals surface area contributed by atoms with Crippen LogP contribution in [0.3, 0.4) is 0 Å². The highest BCUT2D eigenvalue weighted by Gasteiger charge is 2.20. The van der Waals surface area contributed by atoms with Gasteiger partial charge in [0.2, 0.25) is 0 Å². The fourth-order valence-electron chi connectivity index (χ4n) is 3.46. The maximum atomic E-state index is 12.7. The van der Waals surface area contributed by atoms with E-state index in [2.05, 4.69) is 21.9 Å². The van der Waals surface area contributed by atoms with Gasteiger partial charge in [0.05, 0.1) is 5.02 Å². The van der Waals surface area contributed by atoms with Crippen molar-refractivity contribution in [3.63, 3.8) is 0 Å². The van der Waals surface area contributed by atoms with E-state index in [1.807, 2.05) is 0 Å². The zero-order valence-electron chi connectivity index (χ0n) is 17.1. The summed E-state index contributed by atoms with van der Waals surface area (Å²) in [7, 11) is -3.91. The molecule has 2 aromatic carbocycles. The van der Waals surface area contributed by atoms with Gasteiger partial charge >= 0.3 is 0 Å². The summed E-state index contributed by atoms with van der Waals surface area (Å²) in [5, 5.41) is 2.94. The number of rotatable bonds is 8. The lowest BCUT2D eigenvalue weighted by molar-refractivity contribution is 0.0950. The molecule has 1 aliphatic rings. The number of nitrogens with zero attached hydrogens (tertiary/aromatic N) is 1. The number of piperidine rings is 1. The Morgan fingerprint density at radius 1 is 1.13 bits per heavy atom. The van der Waals surface area contributed by atoms with E-state index in [0.717, 1.165) is 32.0 Å². The molecule has 30 heavy (non-hydrogen) atoms. The van der Waals surface area contributed by atoms with Gasteiger partial charge in [-0.1, -0.05) is 36.7 Å². The minimum atomic E-state index is -3.91. The van der Waals surface area contributed by atoms with E-state index in [-0.39, 0.29) is 21.4 Å². The smallest absolute Gasteiger partial charge is 0.263 e. The van der Waals surface area contributed by atoms with Gasteiger partial charge in [0.15, 0.2) is 0 Å². The zero-order valence-corrected chi connectivity index (χ0v) is 18.7. The molecule has 0 radical (unpaired) electrons. The van der Waals surface area contributed by atoms with Crippen molar-refractivity contribution >= 4 is 33.2 Å². The van der Waals surface area contributed by atoms with Crippen molar-refractivity contribution in [1.29, 1.82) is 0 Å². The van der Waals surface area contributed by atoms with Gasteiger partial charge < -0.3 is 10.2 Å². The lowest BCUT2D eigenvalue weighted by Crippen LogP contribution is -2.35. The number of likely N-dealkylation sites (tertiary alicyclic amines) is 1. The second-order valence-electron chi connectivity index (χ2n) is 7.75. The van der Waals surface area contributed by atoms with Crippen LogP contribution in [0.25, 0.3) is 0 Å². The Morgan fingerprint density at radius 2 is 1.83 bits per heavy atom. The molecule has 162 valence electrons. The highest BCUT2D eigenvalue weighted by atomic mass is 35.5. The van der Waals surface area contributed by atoms with Crippen molar-refractivity contribution in [2.24, 2.45) is 5.92 Å². The summed E-state index contributed by atoms with van der Waals surface area (Å²) in [6.45, 7) is 6.00. The molecular formula is C22H28ClN3O3S. The molecule has 2 N–H and O–H groups in total. The average molecular weight is 450 g/mol. The number of hydrogen-bond acceptors (Lipinski definition) is 4. The maximum absolute atomic E-state index is 12.7. The summed E-state index contributed by atoms with van der Waals surface area (Å²) < 4.78 is 27.9. The van der Waals surface area contributed by atoms with Crippen LogP contribution in [0, 0.1) is 5.92 Å². The van der Waals surface area contributed by atoms with E-state index in [1.165, 1.54) is 31.0 Å². The van der Waals surface area contributed by atoms with Crippen LogP contribution in [0.4, 0.5) is 5.69 Å². The average Bonchev–Trinajstić information content (AvgIpc) is 2.73. The predicted molar refractivity (Wildman–Crippen MR) is 120 cm³/mol. The van der Waals surface area contributed by atoms with Crippen LogP contribution in [0.2, 0.25) is 5.02 Å². The van der Waals surface area contributed by atoms with Gasteiger partial charge in [0.25, 0.3) is 15.9 Å². The number of amides is 1. The largest absolute Gasteiger partial charge is 0.352 e. The Morgan fingerprint density at radius 3 is 2.53 bits per heavy atom. The summed E-state index contributed by atoms with van der Waals surface area (Å²) in [5.74, 6) is 0.489. The van der Waals surface area contributed by atoms with Gasteiger partial charge in [-0.25, -0.2) is 8.42 Å². The second kappa shape index (κ2) is 10.3. The van der Waals surface area contributed by atoms with Crippen LogP contribution in [0.15, 0.2) is 53.4 Å². The van der Waals surface area contributed by atoms with Crippen molar-refractivity contribution in [3.8, 4) is 0 Å². The molecule has 0 atom stereocenters. The first-order valence-corrected chi connectivity index (χ1v) is 12.1. The number of nitrogens with one attached hydrogen (secondary N) is 2. The third kappa shape index (κ3) is 6.20. The van der Waals surface area contributed by atoms with Gasteiger partial charge in [0.1, 0.15) is 4.90 Å². The normalized spacial score (nSPS) is 15.7. The zero-order chi connectivity index (χ0) is 21.6. The highest BCUT2D eigenvalue weighted by Crippen LogP contribution is 2.25. The molecule has 0 aliphatic carbocycles. The number of para-hydroxylation sites is 1. The Kier molecular flexibility index (Phi) is 7.75. The van der Waals surface area contributed by atoms with E-state index in [4.69, 9.17) is 11.6 Å². The van der Waals surface area contributed by atoms with Crippen LogP contribution in [-0.2, 0) is 10.0 Å². The summed E-state index contributed by atoms with van der Waals surface area (Å²) in [6, 6.07) is 12.8. The van der Waals surface area contributed by atoms with Crippen molar-refractivity contribution in [3.05, 3.63) is 59.1 Å². The molecule has 0 saturated carbocycles. The van der Waals surface area contributed by atoms with Crippen molar-refractivity contribution < 1.29 is 13.2 Å². The first-order chi connectivity index (χ1) is 14.3. The number of benzene rings is 2. The molecule has 8 heteroatoms. The lowest BCUT2D eigenvalue weighted by atomic mass is 9.99. The van der Waals surface area contributed by atoms with Gasteiger partial charge in [-0.3, -0.25) is 9.52 Å². The van der Waals surface area contributed by atoms with E-state index >= 15 is 0 Å². The number of sulfonamides is 1. The molecule has 1 amide bonds. The third-order valence-electron chi connectivity index (χ3n) is 5.32. The topological polar surface area (TPSA) is 78.5 Å². The summed E-state index contributed by atoms with van der Waals surface area (Å²) in [6.07, 6.45) is 3.31. The Hall–Kier alpha value is -2.09. The third-order valence-corrected chi connectivity index (χ3v) is 7.18. The minimum Gasteiger partial charge on any atom is -0.352 e. The molecule has 1 fully saturated rings.